The van der Waals surface area contributed by atoms with Crippen molar-refractivity contribution in [1.29, 1.82) is 0 Å². The molecule has 1 N–H and O–H groups in total. The molecule has 0 aliphatic heterocycles. The van der Waals surface area contributed by atoms with E-state index >= 15 is 0 Å². The first-order valence-corrected chi connectivity index (χ1v) is 8.08. The van der Waals surface area contributed by atoms with Crippen LogP contribution in [0.25, 0.3) is 0 Å². The smallest absolute Gasteiger partial charge is 0.244 e. The van der Waals surface area contributed by atoms with Gasteiger partial charge in [-0.05, 0) is 38.7 Å². The minimum atomic E-state index is -3.47. The fraction of sp³-hybridized carbons (Fsp3) is 0.692. The van der Waals surface area contributed by atoms with Gasteiger partial charge in [-0.25, -0.2) is 8.42 Å². The highest BCUT2D eigenvalue weighted by atomic mass is 32.2. The van der Waals surface area contributed by atoms with E-state index in [4.69, 9.17) is 0 Å². The molecule has 0 amide bonds. The molecule has 1 aliphatic carbocycles. The molecule has 1 heterocycles. The van der Waals surface area contributed by atoms with Crippen molar-refractivity contribution in [1.82, 2.24) is 8.87 Å². The van der Waals surface area contributed by atoms with E-state index in [1.807, 2.05) is 13.8 Å². The minimum Gasteiger partial charge on any atom is -0.390 e. The first kappa shape index (κ1) is 14.6. The molecule has 108 valence electrons. The van der Waals surface area contributed by atoms with E-state index in [9.17, 15) is 13.5 Å². The van der Waals surface area contributed by atoms with E-state index < -0.39 is 10.0 Å². The summed E-state index contributed by atoms with van der Waals surface area (Å²) in [5, 5.41) is 9.17. The van der Waals surface area contributed by atoms with Crippen LogP contribution < -0.4 is 0 Å². The van der Waals surface area contributed by atoms with Crippen molar-refractivity contribution in [2.75, 3.05) is 6.54 Å². The minimum absolute atomic E-state index is 0.0524. The predicted octanol–water partition coefficient (Wildman–Crippen LogP) is 1.33. The van der Waals surface area contributed by atoms with E-state index in [1.54, 1.807) is 28.2 Å². The van der Waals surface area contributed by atoms with Crippen LogP contribution in [0.2, 0.25) is 0 Å². The fourth-order valence-electron chi connectivity index (χ4n) is 2.15. The Kier molecular flexibility index (Phi) is 4.03. The largest absolute Gasteiger partial charge is 0.390 e. The Morgan fingerprint density at radius 1 is 1.47 bits per heavy atom. The standard InChI is InChI=1S/C13H22N2O3S/c1-10(2)15(7-11-4-5-11)19(17,18)13-6-12(9-16)14(3)8-13/h6,8,10-11,16H,4-5,7,9H2,1-3H3. The molecule has 0 atom stereocenters. The van der Waals surface area contributed by atoms with Crippen LogP contribution in [0.1, 0.15) is 32.4 Å². The molecule has 0 radical (unpaired) electrons. The average molecular weight is 286 g/mol. The zero-order valence-electron chi connectivity index (χ0n) is 11.7. The van der Waals surface area contributed by atoms with Gasteiger partial charge in [0, 0.05) is 31.5 Å². The molecule has 1 saturated carbocycles. The number of sulfonamides is 1. The second kappa shape index (κ2) is 5.26. The van der Waals surface area contributed by atoms with Gasteiger partial charge in [-0.15, -0.1) is 0 Å². The van der Waals surface area contributed by atoms with Crippen LogP contribution in [-0.2, 0) is 23.7 Å². The first-order valence-electron chi connectivity index (χ1n) is 6.64. The molecule has 6 heteroatoms. The second-order valence-electron chi connectivity index (χ2n) is 5.55. The van der Waals surface area contributed by atoms with Gasteiger partial charge < -0.3 is 9.67 Å². The van der Waals surface area contributed by atoms with Gasteiger partial charge in [0.05, 0.1) is 6.61 Å². The van der Waals surface area contributed by atoms with E-state index in [0.29, 0.717) is 18.2 Å². The molecule has 0 spiro atoms. The normalized spacial score (nSPS) is 16.5. The topological polar surface area (TPSA) is 62.5 Å². The molecule has 19 heavy (non-hydrogen) atoms. The predicted molar refractivity (Wildman–Crippen MR) is 73.1 cm³/mol. The van der Waals surface area contributed by atoms with E-state index in [0.717, 1.165) is 12.8 Å². The molecule has 1 aromatic rings. The summed E-state index contributed by atoms with van der Waals surface area (Å²) >= 11 is 0. The molecular weight excluding hydrogens is 264 g/mol. The number of aliphatic hydroxyl groups excluding tert-OH is 1. The highest BCUT2D eigenvalue weighted by Gasteiger charge is 2.34. The molecule has 0 bridgehead atoms. The lowest BCUT2D eigenvalue weighted by Gasteiger charge is -2.25. The quantitative estimate of drug-likeness (QED) is 0.858. The summed E-state index contributed by atoms with van der Waals surface area (Å²) < 4.78 is 28.5. The number of hydrogen-bond acceptors (Lipinski definition) is 3. The van der Waals surface area contributed by atoms with Crippen LogP contribution in [0.4, 0.5) is 0 Å². The third-order valence-corrected chi connectivity index (χ3v) is 5.57. The third kappa shape index (κ3) is 3.01. The lowest BCUT2D eigenvalue weighted by Crippen LogP contribution is -2.38. The Labute approximate surface area is 114 Å². The van der Waals surface area contributed by atoms with Crippen molar-refractivity contribution in [2.45, 2.75) is 44.2 Å². The number of nitrogens with zero attached hydrogens (tertiary/aromatic N) is 2. The number of aliphatic hydroxyl groups is 1. The molecule has 1 fully saturated rings. The van der Waals surface area contributed by atoms with Crippen molar-refractivity contribution in [3.8, 4) is 0 Å². The summed E-state index contributed by atoms with van der Waals surface area (Å²) in [4.78, 5) is 0.272. The molecule has 1 aromatic heterocycles. The van der Waals surface area contributed by atoms with Crippen LogP contribution in [0.3, 0.4) is 0 Å². The lowest BCUT2D eigenvalue weighted by atomic mass is 10.3. The van der Waals surface area contributed by atoms with Gasteiger partial charge in [0.2, 0.25) is 10.0 Å². The Hall–Kier alpha value is -0.850. The summed E-state index contributed by atoms with van der Waals surface area (Å²) in [7, 11) is -1.72. The van der Waals surface area contributed by atoms with Crippen LogP contribution in [0.5, 0.6) is 0 Å². The summed E-state index contributed by atoms with van der Waals surface area (Å²) in [6, 6.07) is 1.50. The zero-order chi connectivity index (χ0) is 14.2. The van der Waals surface area contributed by atoms with Crippen LogP contribution >= 0.6 is 0 Å². The number of aryl methyl sites for hydroxylation is 1. The van der Waals surface area contributed by atoms with Gasteiger partial charge in [0.25, 0.3) is 0 Å². The maximum absolute atomic E-state index is 12.6. The Morgan fingerprint density at radius 3 is 2.53 bits per heavy atom. The van der Waals surface area contributed by atoms with Gasteiger partial charge in [-0.2, -0.15) is 4.31 Å². The van der Waals surface area contributed by atoms with Crippen LogP contribution in [0.15, 0.2) is 17.2 Å². The van der Waals surface area contributed by atoms with Crippen molar-refractivity contribution in [3.05, 3.63) is 18.0 Å². The van der Waals surface area contributed by atoms with Crippen molar-refractivity contribution in [2.24, 2.45) is 13.0 Å². The van der Waals surface area contributed by atoms with Crippen molar-refractivity contribution >= 4 is 10.0 Å². The fourth-order valence-corrected chi connectivity index (χ4v) is 3.96. The zero-order valence-corrected chi connectivity index (χ0v) is 12.5. The molecule has 5 nitrogen and oxygen atoms in total. The molecule has 0 saturated heterocycles. The SMILES string of the molecule is CC(C)N(CC1CC1)S(=O)(=O)c1cc(CO)n(C)c1. The average Bonchev–Trinajstić information content (AvgIpc) is 3.07. The highest BCUT2D eigenvalue weighted by Crippen LogP contribution is 2.32. The Bertz CT molecular complexity index is 544. The summed E-state index contributed by atoms with van der Waals surface area (Å²) in [5.74, 6) is 0.512. The Balaban J connectivity index is 2.31. The van der Waals surface area contributed by atoms with E-state index in [-0.39, 0.29) is 17.5 Å². The van der Waals surface area contributed by atoms with Gasteiger partial charge in [-0.1, -0.05) is 0 Å². The lowest BCUT2D eigenvalue weighted by molar-refractivity contribution is 0.272. The number of hydrogen-bond donors (Lipinski definition) is 1. The summed E-state index contributed by atoms with van der Waals surface area (Å²) in [5.41, 5.74) is 0.605. The van der Waals surface area contributed by atoms with Gasteiger partial charge >= 0.3 is 0 Å². The Morgan fingerprint density at radius 2 is 2.11 bits per heavy atom. The first-order chi connectivity index (χ1) is 8.86. The highest BCUT2D eigenvalue weighted by molar-refractivity contribution is 7.89. The number of rotatable bonds is 6. The maximum atomic E-state index is 12.6. The third-order valence-electron chi connectivity index (χ3n) is 3.56. The van der Waals surface area contributed by atoms with Crippen LogP contribution in [0, 0.1) is 5.92 Å². The van der Waals surface area contributed by atoms with E-state index in [2.05, 4.69) is 0 Å². The summed E-state index contributed by atoms with van der Waals surface area (Å²) in [6.07, 6.45) is 3.81. The monoisotopic (exact) mass is 286 g/mol. The van der Waals surface area contributed by atoms with Crippen LogP contribution in [-0.4, -0.2) is 35.0 Å². The molecular formula is C13H22N2O3S. The summed E-state index contributed by atoms with van der Waals surface area (Å²) in [6.45, 7) is 4.24. The maximum Gasteiger partial charge on any atom is 0.244 e. The van der Waals surface area contributed by atoms with Crippen molar-refractivity contribution < 1.29 is 13.5 Å². The van der Waals surface area contributed by atoms with Gasteiger partial charge in [0.15, 0.2) is 0 Å². The van der Waals surface area contributed by atoms with E-state index in [1.165, 1.54) is 0 Å². The number of aromatic nitrogens is 1. The molecule has 0 unspecified atom stereocenters. The molecule has 2 rings (SSSR count). The van der Waals surface area contributed by atoms with Crippen molar-refractivity contribution in [3.63, 3.8) is 0 Å². The van der Waals surface area contributed by atoms with Gasteiger partial charge in [0.1, 0.15) is 4.90 Å². The van der Waals surface area contributed by atoms with Gasteiger partial charge in [-0.3, -0.25) is 0 Å². The second-order valence-corrected chi connectivity index (χ2v) is 7.44. The molecule has 0 aromatic carbocycles. The molecule has 1 aliphatic rings.